The monoisotopic (exact) mass is 541 g/mol. The molecule has 8 nitrogen and oxygen atoms in total. The number of aryl methyl sites for hydroxylation is 2. The molecule has 0 bridgehead atoms. The molecule has 3 aromatic carbocycles. The summed E-state index contributed by atoms with van der Waals surface area (Å²) in [5.74, 6) is -0.302. The van der Waals surface area contributed by atoms with Crippen molar-refractivity contribution in [2.24, 2.45) is 0 Å². The average molecular weight is 542 g/mol. The minimum atomic E-state index is -0.223. The van der Waals surface area contributed by atoms with Crippen molar-refractivity contribution in [3.8, 4) is 0 Å². The van der Waals surface area contributed by atoms with Crippen LogP contribution in [0.25, 0.3) is 0 Å². The lowest BCUT2D eigenvalue weighted by atomic mass is 10.1. The highest BCUT2D eigenvalue weighted by Crippen LogP contribution is 2.28. The summed E-state index contributed by atoms with van der Waals surface area (Å²) < 4.78 is 0. The van der Waals surface area contributed by atoms with Crippen LogP contribution in [0.3, 0.4) is 0 Å². The summed E-state index contributed by atoms with van der Waals surface area (Å²) in [6.07, 6.45) is 0.770. The zero-order valence-corrected chi connectivity index (χ0v) is 23.9. The normalized spacial score (nSPS) is 13.4. The number of carbonyl (C=O) groups is 3. The third-order valence-corrected chi connectivity index (χ3v) is 7.24. The molecule has 1 aliphatic heterocycles. The Morgan fingerprint density at radius 3 is 2.20 bits per heavy atom. The number of nitrogens with zero attached hydrogens (tertiary/aromatic N) is 3. The highest BCUT2D eigenvalue weighted by molar-refractivity contribution is 6.06. The number of benzene rings is 3. The molecule has 3 aromatic rings. The van der Waals surface area contributed by atoms with E-state index in [1.54, 1.807) is 23.1 Å². The van der Waals surface area contributed by atoms with Crippen LogP contribution in [0.15, 0.2) is 66.7 Å². The van der Waals surface area contributed by atoms with Gasteiger partial charge >= 0.3 is 6.03 Å². The van der Waals surface area contributed by atoms with Crippen molar-refractivity contribution in [3.63, 3.8) is 0 Å². The average Bonchev–Trinajstić information content (AvgIpc) is 3.20. The molecule has 0 radical (unpaired) electrons. The first-order chi connectivity index (χ1) is 19.3. The maximum absolute atomic E-state index is 13.6. The van der Waals surface area contributed by atoms with Crippen molar-refractivity contribution in [1.29, 1.82) is 0 Å². The van der Waals surface area contributed by atoms with Crippen LogP contribution in [0.4, 0.5) is 21.9 Å². The third-order valence-electron chi connectivity index (χ3n) is 7.24. The zero-order chi connectivity index (χ0) is 28.6. The predicted molar refractivity (Wildman–Crippen MR) is 161 cm³/mol. The Balaban J connectivity index is 1.53. The SMILES string of the molecule is CCN(CC)C(=O)c1cc(NC(=O)c2ccc(C)cc2)ccc1N1CCCN(C(=O)Nc2cccc(C)c2)CC1. The molecular weight excluding hydrogens is 502 g/mol. The predicted octanol–water partition coefficient (Wildman–Crippen LogP) is 5.78. The van der Waals surface area contributed by atoms with Gasteiger partial charge in [-0.15, -0.1) is 0 Å². The molecule has 40 heavy (non-hydrogen) atoms. The fraction of sp³-hybridized carbons (Fsp3) is 0.344. The second-order valence-electron chi connectivity index (χ2n) is 10.2. The van der Waals surface area contributed by atoms with E-state index in [1.807, 2.05) is 81.1 Å². The first-order valence-corrected chi connectivity index (χ1v) is 14.0. The lowest BCUT2D eigenvalue weighted by Gasteiger charge is -2.28. The Kier molecular flexibility index (Phi) is 9.43. The first-order valence-electron chi connectivity index (χ1n) is 14.0. The second kappa shape index (κ2) is 13.2. The number of carbonyl (C=O) groups excluding carboxylic acids is 3. The summed E-state index contributed by atoms with van der Waals surface area (Å²) in [5.41, 5.74) is 5.43. The number of rotatable bonds is 7. The molecule has 0 aliphatic carbocycles. The summed E-state index contributed by atoms with van der Waals surface area (Å²) in [7, 11) is 0. The molecule has 0 aromatic heterocycles. The Hall–Kier alpha value is -4.33. The van der Waals surface area contributed by atoms with Gasteiger partial charge in [0.1, 0.15) is 0 Å². The number of amides is 4. The Morgan fingerprint density at radius 2 is 1.50 bits per heavy atom. The van der Waals surface area contributed by atoms with E-state index in [9.17, 15) is 14.4 Å². The van der Waals surface area contributed by atoms with E-state index in [4.69, 9.17) is 0 Å². The maximum Gasteiger partial charge on any atom is 0.321 e. The van der Waals surface area contributed by atoms with Crippen LogP contribution in [0, 0.1) is 13.8 Å². The third kappa shape index (κ3) is 7.00. The quantitative estimate of drug-likeness (QED) is 0.397. The van der Waals surface area contributed by atoms with Gasteiger partial charge in [0.05, 0.1) is 5.56 Å². The summed E-state index contributed by atoms with van der Waals surface area (Å²) in [4.78, 5) is 45.3. The molecule has 0 unspecified atom stereocenters. The lowest BCUT2D eigenvalue weighted by molar-refractivity contribution is 0.0773. The largest absolute Gasteiger partial charge is 0.369 e. The van der Waals surface area contributed by atoms with Crippen LogP contribution in [0.2, 0.25) is 0 Å². The van der Waals surface area contributed by atoms with Gasteiger partial charge in [-0.2, -0.15) is 0 Å². The molecule has 0 spiro atoms. The van der Waals surface area contributed by atoms with Crippen molar-refractivity contribution in [1.82, 2.24) is 9.80 Å². The van der Waals surface area contributed by atoms with Crippen molar-refractivity contribution < 1.29 is 14.4 Å². The van der Waals surface area contributed by atoms with Crippen molar-refractivity contribution >= 4 is 34.9 Å². The van der Waals surface area contributed by atoms with Gasteiger partial charge in [0, 0.05) is 61.9 Å². The van der Waals surface area contributed by atoms with Gasteiger partial charge < -0.3 is 25.3 Å². The summed E-state index contributed by atoms with van der Waals surface area (Å²) in [6.45, 7) is 11.5. The standard InChI is InChI=1S/C32H39N5O3/c1-5-35(6-2)31(39)28-22-27(33-30(38)25-13-11-23(3)12-14-25)15-16-29(28)36-17-8-18-37(20-19-36)32(40)34-26-10-7-9-24(4)21-26/h7,9-16,21-22H,5-6,8,17-20H2,1-4H3,(H,33,38)(H,34,40). The smallest absolute Gasteiger partial charge is 0.321 e. The topological polar surface area (TPSA) is 85.0 Å². The molecule has 210 valence electrons. The number of hydrogen-bond acceptors (Lipinski definition) is 4. The van der Waals surface area contributed by atoms with Gasteiger partial charge in [0.15, 0.2) is 0 Å². The van der Waals surface area contributed by atoms with Gasteiger partial charge in [-0.25, -0.2) is 4.79 Å². The zero-order valence-electron chi connectivity index (χ0n) is 23.9. The number of nitrogens with one attached hydrogen (secondary N) is 2. The summed E-state index contributed by atoms with van der Waals surface area (Å²) >= 11 is 0. The maximum atomic E-state index is 13.6. The molecule has 8 heteroatoms. The summed E-state index contributed by atoms with van der Waals surface area (Å²) in [5, 5.41) is 5.95. The van der Waals surface area contributed by atoms with E-state index in [2.05, 4.69) is 15.5 Å². The molecule has 1 fully saturated rings. The molecule has 4 rings (SSSR count). The number of anilines is 3. The summed E-state index contributed by atoms with van der Waals surface area (Å²) in [6, 6.07) is 20.5. The van der Waals surface area contributed by atoms with E-state index >= 15 is 0 Å². The van der Waals surface area contributed by atoms with Crippen LogP contribution in [0.1, 0.15) is 52.1 Å². The lowest BCUT2D eigenvalue weighted by Crippen LogP contribution is -2.38. The van der Waals surface area contributed by atoms with Crippen molar-refractivity contribution in [3.05, 3.63) is 89.0 Å². The minimum absolute atomic E-state index is 0.0790. The molecule has 1 aliphatic rings. The fourth-order valence-corrected chi connectivity index (χ4v) is 4.94. The van der Waals surface area contributed by atoms with E-state index < -0.39 is 0 Å². The van der Waals surface area contributed by atoms with Gasteiger partial charge in [0.25, 0.3) is 11.8 Å². The van der Waals surface area contributed by atoms with Crippen LogP contribution in [-0.4, -0.2) is 66.9 Å². The molecule has 2 N–H and O–H groups in total. The van der Waals surface area contributed by atoms with E-state index in [0.717, 1.165) is 28.9 Å². The molecule has 1 heterocycles. The van der Waals surface area contributed by atoms with Gasteiger partial charge in [-0.3, -0.25) is 9.59 Å². The highest BCUT2D eigenvalue weighted by atomic mass is 16.2. The fourth-order valence-electron chi connectivity index (χ4n) is 4.94. The molecule has 0 atom stereocenters. The van der Waals surface area contributed by atoms with Crippen molar-refractivity contribution in [2.75, 3.05) is 54.8 Å². The van der Waals surface area contributed by atoms with E-state index in [1.165, 1.54) is 0 Å². The van der Waals surface area contributed by atoms with Crippen LogP contribution in [-0.2, 0) is 0 Å². The van der Waals surface area contributed by atoms with Crippen LogP contribution < -0.4 is 15.5 Å². The number of hydrogen-bond donors (Lipinski definition) is 2. The first kappa shape index (κ1) is 28.7. The van der Waals surface area contributed by atoms with Gasteiger partial charge in [-0.05, 0) is 82.1 Å². The molecule has 4 amide bonds. The van der Waals surface area contributed by atoms with Crippen LogP contribution in [0.5, 0.6) is 0 Å². The Bertz CT molecular complexity index is 1350. The van der Waals surface area contributed by atoms with E-state index in [-0.39, 0.29) is 17.8 Å². The Morgan fingerprint density at radius 1 is 0.775 bits per heavy atom. The van der Waals surface area contributed by atoms with E-state index in [0.29, 0.717) is 56.1 Å². The Labute approximate surface area is 237 Å². The van der Waals surface area contributed by atoms with Crippen LogP contribution >= 0.6 is 0 Å². The number of urea groups is 1. The second-order valence-corrected chi connectivity index (χ2v) is 10.2. The molecule has 1 saturated heterocycles. The van der Waals surface area contributed by atoms with Crippen molar-refractivity contribution in [2.45, 2.75) is 34.1 Å². The van der Waals surface area contributed by atoms with Gasteiger partial charge in [0.2, 0.25) is 0 Å². The minimum Gasteiger partial charge on any atom is -0.369 e. The highest BCUT2D eigenvalue weighted by Gasteiger charge is 2.25. The molecular formula is C32H39N5O3. The molecule has 0 saturated carbocycles. The van der Waals surface area contributed by atoms with Gasteiger partial charge in [-0.1, -0.05) is 29.8 Å².